The first kappa shape index (κ1) is 25.7. The standard InChI is InChI=1S/C31H37N7/c1-21-8-11-24(30(2,3)4)16-23(21)17-26-27-28(33-20-36(27)7)35-29(34-26)37-14-15-38(31(5,6)19-37)25-12-9-22(18-32)10-13-25/h8-13,16,20H,14-15,17,19H2,1-7H3. The fraction of sp³-hybridized carbons (Fsp3) is 0.419. The Kier molecular flexibility index (Phi) is 6.38. The number of anilines is 2. The van der Waals surface area contributed by atoms with Crippen molar-refractivity contribution in [2.24, 2.45) is 7.05 Å². The molecule has 2 aromatic heterocycles. The Balaban J connectivity index is 1.48. The van der Waals surface area contributed by atoms with Gasteiger partial charge in [-0.1, -0.05) is 39.0 Å². The van der Waals surface area contributed by atoms with Crippen molar-refractivity contribution in [3.8, 4) is 6.07 Å². The summed E-state index contributed by atoms with van der Waals surface area (Å²) in [6.07, 6.45) is 2.56. The number of hydrogen-bond donors (Lipinski definition) is 0. The minimum Gasteiger partial charge on any atom is -0.363 e. The largest absolute Gasteiger partial charge is 0.363 e. The van der Waals surface area contributed by atoms with Gasteiger partial charge in [-0.3, -0.25) is 0 Å². The van der Waals surface area contributed by atoms with Crippen molar-refractivity contribution >= 4 is 22.8 Å². The molecule has 3 heterocycles. The number of imidazole rings is 1. The van der Waals surface area contributed by atoms with Crippen molar-refractivity contribution in [1.82, 2.24) is 19.5 Å². The normalized spacial score (nSPS) is 15.6. The average Bonchev–Trinajstić information content (AvgIpc) is 3.25. The van der Waals surface area contributed by atoms with Gasteiger partial charge in [-0.25, -0.2) is 9.97 Å². The maximum atomic E-state index is 9.17. The predicted molar refractivity (Wildman–Crippen MR) is 154 cm³/mol. The van der Waals surface area contributed by atoms with Crippen LogP contribution >= 0.6 is 0 Å². The molecule has 0 spiro atoms. The second-order valence-corrected chi connectivity index (χ2v) is 12.1. The predicted octanol–water partition coefficient (Wildman–Crippen LogP) is 5.54. The van der Waals surface area contributed by atoms with Crippen molar-refractivity contribution in [2.75, 3.05) is 29.4 Å². The molecule has 2 aromatic carbocycles. The molecule has 0 N–H and O–H groups in total. The van der Waals surface area contributed by atoms with Gasteiger partial charge in [0.15, 0.2) is 5.65 Å². The van der Waals surface area contributed by atoms with Gasteiger partial charge in [-0.15, -0.1) is 0 Å². The monoisotopic (exact) mass is 507 g/mol. The Morgan fingerprint density at radius 2 is 1.76 bits per heavy atom. The molecule has 196 valence electrons. The molecule has 1 saturated heterocycles. The molecule has 0 aliphatic carbocycles. The Morgan fingerprint density at radius 3 is 2.42 bits per heavy atom. The fourth-order valence-corrected chi connectivity index (χ4v) is 5.42. The van der Waals surface area contributed by atoms with E-state index in [0.717, 1.165) is 54.5 Å². The second-order valence-electron chi connectivity index (χ2n) is 12.1. The molecule has 0 unspecified atom stereocenters. The van der Waals surface area contributed by atoms with E-state index in [1.165, 1.54) is 16.7 Å². The van der Waals surface area contributed by atoms with Gasteiger partial charge in [0.2, 0.25) is 5.95 Å². The molecule has 1 fully saturated rings. The van der Waals surface area contributed by atoms with Crippen LogP contribution in [0.15, 0.2) is 48.8 Å². The molecule has 7 heteroatoms. The third-order valence-corrected chi connectivity index (χ3v) is 7.70. The number of nitriles is 1. The lowest BCUT2D eigenvalue weighted by Crippen LogP contribution is -2.60. The highest BCUT2D eigenvalue weighted by atomic mass is 15.4. The number of rotatable bonds is 4. The van der Waals surface area contributed by atoms with Gasteiger partial charge >= 0.3 is 0 Å². The van der Waals surface area contributed by atoms with Crippen LogP contribution in [0.2, 0.25) is 0 Å². The number of hydrogen-bond acceptors (Lipinski definition) is 6. The minimum atomic E-state index is -0.146. The summed E-state index contributed by atoms with van der Waals surface area (Å²) in [4.78, 5) is 19.4. The summed E-state index contributed by atoms with van der Waals surface area (Å²) in [5, 5.41) is 9.17. The molecule has 0 bridgehead atoms. The summed E-state index contributed by atoms with van der Waals surface area (Å²) in [7, 11) is 2.01. The highest BCUT2D eigenvalue weighted by Gasteiger charge is 2.35. The van der Waals surface area contributed by atoms with Gasteiger partial charge in [0.05, 0.1) is 29.2 Å². The van der Waals surface area contributed by atoms with E-state index in [4.69, 9.17) is 15.2 Å². The van der Waals surface area contributed by atoms with Gasteiger partial charge in [0.25, 0.3) is 0 Å². The molecule has 7 nitrogen and oxygen atoms in total. The third kappa shape index (κ3) is 4.83. The van der Waals surface area contributed by atoms with Crippen molar-refractivity contribution in [1.29, 1.82) is 5.26 Å². The van der Waals surface area contributed by atoms with Crippen molar-refractivity contribution in [3.05, 3.63) is 76.7 Å². The molecule has 5 rings (SSSR count). The molecule has 0 amide bonds. The number of fused-ring (bicyclic) bond motifs is 1. The van der Waals surface area contributed by atoms with Crippen LogP contribution in [-0.4, -0.2) is 44.7 Å². The Morgan fingerprint density at radius 1 is 1.03 bits per heavy atom. The van der Waals surface area contributed by atoms with Crippen LogP contribution in [0.3, 0.4) is 0 Å². The molecule has 0 saturated carbocycles. The minimum absolute atomic E-state index is 0.0846. The number of benzene rings is 2. The van der Waals surface area contributed by atoms with Crippen LogP contribution in [0.1, 0.15) is 62.6 Å². The highest BCUT2D eigenvalue weighted by Crippen LogP contribution is 2.31. The summed E-state index contributed by atoms with van der Waals surface area (Å²) >= 11 is 0. The molecule has 1 aliphatic heterocycles. The zero-order chi connectivity index (χ0) is 27.2. The Labute approximate surface area is 225 Å². The maximum Gasteiger partial charge on any atom is 0.227 e. The van der Waals surface area contributed by atoms with E-state index in [2.05, 4.69) is 80.6 Å². The van der Waals surface area contributed by atoms with Crippen LogP contribution in [0.5, 0.6) is 0 Å². The lowest BCUT2D eigenvalue weighted by Gasteiger charge is -2.48. The van der Waals surface area contributed by atoms with E-state index >= 15 is 0 Å². The van der Waals surface area contributed by atoms with Crippen LogP contribution < -0.4 is 9.80 Å². The van der Waals surface area contributed by atoms with Crippen LogP contribution in [-0.2, 0) is 18.9 Å². The average molecular weight is 508 g/mol. The van der Waals surface area contributed by atoms with E-state index in [1.54, 1.807) is 0 Å². The first-order chi connectivity index (χ1) is 18.0. The SMILES string of the molecule is Cc1ccc(C(C)(C)C)cc1Cc1nc(N2CCN(c3ccc(C#N)cc3)C(C)(C)C2)nc2ncn(C)c12. The number of nitrogens with zero attached hydrogens (tertiary/aromatic N) is 7. The molecular weight excluding hydrogens is 470 g/mol. The van der Waals surface area contributed by atoms with Gasteiger partial charge < -0.3 is 14.4 Å². The van der Waals surface area contributed by atoms with E-state index in [0.29, 0.717) is 5.56 Å². The molecule has 0 radical (unpaired) electrons. The third-order valence-electron chi connectivity index (χ3n) is 7.70. The lowest BCUT2D eigenvalue weighted by atomic mass is 9.84. The molecule has 4 aromatic rings. The van der Waals surface area contributed by atoms with E-state index in [9.17, 15) is 0 Å². The van der Waals surface area contributed by atoms with Gasteiger partial charge in [-0.05, 0) is 67.1 Å². The first-order valence-corrected chi connectivity index (χ1v) is 13.3. The molecular formula is C31H37N7. The summed E-state index contributed by atoms with van der Waals surface area (Å²) in [5.74, 6) is 0.739. The Hall–Kier alpha value is -3.92. The first-order valence-electron chi connectivity index (χ1n) is 13.3. The van der Waals surface area contributed by atoms with Crippen molar-refractivity contribution in [2.45, 2.75) is 58.9 Å². The summed E-state index contributed by atoms with van der Waals surface area (Å²) < 4.78 is 2.03. The maximum absolute atomic E-state index is 9.17. The van der Waals surface area contributed by atoms with Gasteiger partial charge in [0.1, 0.15) is 5.52 Å². The zero-order valence-corrected chi connectivity index (χ0v) is 23.6. The summed E-state index contributed by atoms with van der Waals surface area (Å²) in [6, 6.07) is 16.9. The van der Waals surface area contributed by atoms with Crippen molar-refractivity contribution < 1.29 is 0 Å². The number of aromatic nitrogens is 4. The van der Waals surface area contributed by atoms with Crippen LogP contribution in [0.25, 0.3) is 11.2 Å². The highest BCUT2D eigenvalue weighted by molar-refractivity contribution is 5.76. The van der Waals surface area contributed by atoms with Crippen LogP contribution in [0, 0.1) is 18.3 Å². The number of piperazine rings is 1. The summed E-state index contributed by atoms with van der Waals surface area (Å²) in [5.41, 5.74) is 8.37. The quantitative estimate of drug-likeness (QED) is 0.361. The number of aryl methyl sites for hydroxylation is 2. The van der Waals surface area contributed by atoms with E-state index < -0.39 is 0 Å². The second kappa shape index (κ2) is 9.43. The molecule has 38 heavy (non-hydrogen) atoms. The van der Waals surface area contributed by atoms with E-state index in [1.807, 2.05) is 42.2 Å². The van der Waals surface area contributed by atoms with Gasteiger partial charge in [0, 0.05) is 38.8 Å². The zero-order valence-electron chi connectivity index (χ0n) is 23.6. The molecule has 0 atom stereocenters. The smallest absolute Gasteiger partial charge is 0.227 e. The topological polar surface area (TPSA) is 73.9 Å². The van der Waals surface area contributed by atoms with Crippen LogP contribution in [0.4, 0.5) is 11.6 Å². The fourth-order valence-electron chi connectivity index (χ4n) is 5.42. The van der Waals surface area contributed by atoms with E-state index in [-0.39, 0.29) is 11.0 Å². The van der Waals surface area contributed by atoms with Gasteiger partial charge in [-0.2, -0.15) is 10.2 Å². The van der Waals surface area contributed by atoms with Crippen molar-refractivity contribution in [3.63, 3.8) is 0 Å². The summed E-state index contributed by atoms with van der Waals surface area (Å²) in [6.45, 7) is 15.9. The lowest BCUT2D eigenvalue weighted by molar-refractivity contribution is 0.411. The molecule has 1 aliphatic rings. The Bertz CT molecular complexity index is 1520.